The molecule has 12 radical (unpaired) electrons. The molecule has 0 unspecified atom stereocenters. The first kappa shape index (κ1) is 122. The Hall–Kier alpha value is 8.57. The third kappa shape index (κ3) is 32.8. The minimum atomic E-state index is 0. The summed E-state index contributed by atoms with van der Waals surface area (Å²) in [5.74, 6) is 0. The van der Waals surface area contributed by atoms with Crippen LogP contribution in [0.2, 0.25) is 0 Å². The Bertz CT molecular complexity index is 1810. The van der Waals surface area contributed by atoms with E-state index < -0.39 is 0 Å². The van der Waals surface area contributed by atoms with Crippen molar-refractivity contribution in [2.24, 2.45) is 0 Å². The summed E-state index contributed by atoms with van der Waals surface area (Å²) in [6.07, 6.45) is 8.09. The molecule has 0 heterocycles. The third-order valence-electron chi connectivity index (χ3n) is 9.43. The van der Waals surface area contributed by atoms with Gasteiger partial charge in [-0.05, 0) is 115 Å². The first-order chi connectivity index (χ1) is 25.1. The van der Waals surface area contributed by atoms with Gasteiger partial charge >= 0.3 is 0 Å². The van der Waals surface area contributed by atoms with Crippen molar-refractivity contribution >= 4 is 0 Å². The van der Waals surface area contributed by atoms with E-state index in [1.807, 2.05) is 13.8 Å². The quantitative estimate of drug-likeness (QED) is 0.133. The molecule has 0 saturated carbocycles. The van der Waals surface area contributed by atoms with E-state index in [0.717, 1.165) is 25.7 Å². The molecule has 362 valence electrons. The summed E-state index contributed by atoms with van der Waals surface area (Å²) in [5.41, 5.74) is 23.6. The van der Waals surface area contributed by atoms with Gasteiger partial charge in [-0.15, -0.1) is 0 Å². The minimum absolute atomic E-state index is 0. The minimum Gasteiger partial charge on any atom is -0.358 e. The van der Waals surface area contributed by atoms with Gasteiger partial charge in [0.2, 0.25) is 0 Å². The molecule has 6 aromatic carbocycles. The van der Waals surface area contributed by atoms with E-state index in [0.29, 0.717) is 0 Å². The molecule has 0 N–H and O–H groups in total. The average molecular weight is 1860 g/mol. The van der Waals surface area contributed by atoms with Gasteiger partial charge in [-0.25, -0.2) is 0 Å². The Kier molecular flexibility index (Phi) is 116. The van der Waals surface area contributed by atoms with E-state index in [2.05, 4.69) is 163 Å². The summed E-state index contributed by atoms with van der Waals surface area (Å²) < 4.78 is 0. The molecule has 4 aliphatic rings. The van der Waals surface area contributed by atoms with Crippen molar-refractivity contribution in [3.63, 3.8) is 0 Å². The molecule has 0 aliphatic heterocycles. The number of fused-ring (bicyclic) bond motifs is 14. The van der Waals surface area contributed by atoms with Crippen LogP contribution in [0, 0.1) is 44.6 Å². The summed E-state index contributed by atoms with van der Waals surface area (Å²) in [7, 11) is 0. The van der Waals surface area contributed by atoms with Crippen LogP contribution in [0.4, 0.5) is 0 Å². The van der Waals surface area contributed by atoms with Crippen molar-refractivity contribution < 1.29 is 393 Å². The van der Waals surface area contributed by atoms with Gasteiger partial charge in [0.05, 0.1) is 0 Å². The fourth-order valence-electron chi connectivity index (χ4n) is 7.69. The fraction of sp³-hybridized carbons (Fsp3) is 0.288. The van der Waals surface area contributed by atoms with Crippen LogP contribution in [-0.4, -0.2) is 0 Å². The predicted molar refractivity (Wildman–Crippen MR) is 277 cm³/mol. The van der Waals surface area contributed by atoms with Gasteiger partial charge in [-0.2, -0.15) is 0 Å². The molecule has 0 atom stereocenters. The van der Waals surface area contributed by atoms with Crippen LogP contribution in [-0.2, 0) is 418 Å². The van der Waals surface area contributed by atoms with E-state index in [1.165, 1.54) is 108 Å². The Morgan fingerprint density at radius 3 is 0.507 bits per heavy atom. The smallest absolute Gasteiger partial charge is 0 e. The van der Waals surface area contributed by atoms with Crippen molar-refractivity contribution in [1.29, 1.82) is 0 Å². The van der Waals surface area contributed by atoms with Crippen LogP contribution >= 0.6 is 0 Å². The summed E-state index contributed by atoms with van der Waals surface area (Å²) in [4.78, 5) is 0. The van der Waals surface area contributed by atoms with E-state index >= 15 is 0 Å². The molecule has 0 bridgehead atoms. The Morgan fingerprint density at radius 1 is 0.239 bits per heavy atom. The molecule has 12 heteroatoms. The Morgan fingerprint density at radius 2 is 0.366 bits per heavy atom. The van der Waals surface area contributed by atoms with Gasteiger partial charge in [0.1, 0.15) is 0 Å². The zero-order chi connectivity index (χ0) is 36.3. The average Bonchev–Trinajstić information content (AvgIpc) is 3.93. The fourth-order valence-corrected chi connectivity index (χ4v) is 7.69. The summed E-state index contributed by atoms with van der Waals surface area (Å²) >= 11 is 0. The molecule has 0 amide bonds. The van der Waals surface area contributed by atoms with Crippen molar-refractivity contribution in [2.45, 2.75) is 115 Å². The molecule has 10 rings (SSSR count). The molecule has 71 heavy (non-hydrogen) atoms. The molecule has 4 aliphatic carbocycles. The largest absolute Gasteiger partial charge is 0.358 e. The van der Waals surface area contributed by atoms with Crippen LogP contribution < -0.4 is 0 Å². The second-order valence-corrected chi connectivity index (χ2v) is 13.7. The van der Waals surface area contributed by atoms with Gasteiger partial charge < -0.3 is 44.6 Å². The molecule has 0 spiro atoms. The van der Waals surface area contributed by atoms with Crippen molar-refractivity contribution in [1.82, 2.24) is 0 Å². The Balaban J connectivity index is -0.0000000410. The van der Waals surface area contributed by atoms with E-state index in [1.54, 1.807) is 0 Å². The topological polar surface area (TPSA) is 0 Å². The monoisotopic (exact) mass is 1860 g/mol. The molecule has 6 aromatic rings. The second-order valence-electron chi connectivity index (χ2n) is 13.7. The van der Waals surface area contributed by atoms with Crippen LogP contribution in [0.5, 0.6) is 0 Å². The molecule has 0 saturated heterocycles. The second kappa shape index (κ2) is 67.7. The standard InChI is InChI=1S/2C20H14.3C3H8.C2H6.2CH4.6CH3.12Y/c2*1-3-7-17-13(5-1)11-15-9-10-16-12-14-6-2-4-8-18(14)20(16)19(15)17;3*1-3-2;1-2;;;;;;;;;;;;;;;;;;;;/h2*1-10H,11-12H2;3*3H2,1-2H3;1-2H3;2*1H4;6*1H3;;;;;;;;;;;;/q;;;;;;;;6*-1;;;;;;;;;;;;. The number of hydrogen-bond donors (Lipinski definition) is 0. The maximum atomic E-state index is 2.33. The van der Waals surface area contributed by atoms with Gasteiger partial charge in [0, 0.05) is 393 Å². The zero-order valence-corrected chi connectivity index (χ0v) is 79.5. The number of benzene rings is 6. The summed E-state index contributed by atoms with van der Waals surface area (Å²) in [6.45, 7) is 16.8. The Labute approximate surface area is 745 Å². The van der Waals surface area contributed by atoms with Crippen LogP contribution in [0.15, 0.2) is 121 Å². The van der Waals surface area contributed by atoms with Gasteiger partial charge in [0.25, 0.3) is 0 Å². The van der Waals surface area contributed by atoms with Gasteiger partial charge in [0.15, 0.2) is 0 Å². The van der Waals surface area contributed by atoms with E-state index in [4.69, 9.17) is 0 Å². The maximum absolute atomic E-state index is 2.33. The van der Waals surface area contributed by atoms with E-state index in [9.17, 15) is 0 Å². The normalized spacial score (nSPS) is 8.51. The third-order valence-corrected chi connectivity index (χ3v) is 9.43. The van der Waals surface area contributed by atoms with Crippen LogP contribution in [0.1, 0.15) is 134 Å². The molecular weight excluding hydrogens is 1780 g/mol. The number of hydrogen-bond acceptors (Lipinski definition) is 0. The van der Waals surface area contributed by atoms with Gasteiger partial charge in [-0.3, -0.25) is 0 Å². The SMILES string of the molecule is C.C.CC.CCC.CCC.CCC.[CH3-].[CH3-].[CH3-].[CH3-].[CH3-].[CH3-].[Y].[Y].[Y].[Y].[Y].[Y].[Y].[Y].[Y].[Y].[Y].[Y].c1ccc2c(c1)Cc1ccc3c(c1-2)-c1ccccc1C3.c1ccc2c(c1)Cc1ccc3c(c1-2)-c1ccccc1C3. The van der Waals surface area contributed by atoms with Crippen molar-refractivity contribution in [3.05, 3.63) is 210 Å². The molecule has 0 nitrogen and oxygen atoms in total. The van der Waals surface area contributed by atoms with Crippen LogP contribution in [0.25, 0.3) is 44.5 Å². The van der Waals surface area contributed by atoms with E-state index in [-0.39, 0.29) is 452 Å². The molecule has 0 fully saturated rings. The molecule has 0 aromatic heterocycles. The number of rotatable bonds is 0. The van der Waals surface area contributed by atoms with Crippen molar-refractivity contribution in [3.8, 4) is 44.5 Å². The first-order valence-electron chi connectivity index (χ1n) is 19.7. The summed E-state index contributed by atoms with van der Waals surface area (Å²) in [6, 6.07) is 44.8. The summed E-state index contributed by atoms with van der Waals surface area (Å²) in [5, 5.41) is 0. The van der Waals surface area contributed by atoms with Crippen molar-refractivity contribution in [2.75, 3.05) is 0 Å². The maximum Gasteiger partial charge on any atom is 0 e. The van der Waals surface area contributed by atoms with Gasteiger partial charge in [-0.1, -0.05) is 211 Å². The first-order valence-corrected chi connectivity index (χ1v) is 19.7. The van der Waals surface area contributed by atoms with Crippen LogP contribution in [0.3, 0.4) is 0 Å². The molecular formula is C59H84Y12-6. The zero-order valence-electron chi connectivity index (χ0n) is 45.4. The predicted octanol–water partition coefficient (Wildman–Crippen LogP) is 18.9.